The zero-order chi connectivity index (χ0) is 23.8. The number of hydrogen-bond acceptors (Lipinski definition) is 6. The summed E-state index contributed by atoms with van der Waals surface area (Å²) in [5.74, 6) is -0.259. The maximum atomic E-state index is 14.1. The van der Waals surface area contributed by atoms with Gasteiger partial charge in [0.25, 0.3) is 11.8 Å². The molecule has 0 aliphatic carbocycles. The second-order valence-corrected chi connectivity index (χ2v) is 8.10. The van der Waals surface area contributed by atoms with Crippen molar-refractivity contribution in [2.24, 2.45) is 5.10 Å². The molecule has 7 nitrogen and oxygen atoms in total. The molecule has 1 aromatic heterocycles. The lowest BCUT2D eigenvalue weighted by molar-refractivity contribution is -0.120. The minimum atomic E-state index is -0.469. The summed E-state index contributed by atoms with van der Waals surface area (Å²) >= 11 is 1.31. The lowest BCUT2D eigenvalue weighted by Gasteiger charge is -2.10. The minimum Gasteiger partial charge on any atom is -0.493 e. The lowest BCUT2D eigenvalue weighted by atomic mass is 10.0. The number of amides is 2. The van der Waals surface area contributed by atoms with Crippen LogP contribution in [0.4, 0.5) is 4.39 Å². The standard InChI is InChI=1S/C24H26FN3O4S/c1-4-5-9-19(17-14-33-23-16(17)7-6-8-18(23)25)27-28-22(29)13-26-24(30)15-10-11-20(31-2)21(12-15)32-3/h6-8,10-12,14H,4-5,9,13H2,1-3H3,(H,26,30)(H,28,29). The second kappa shape index (κ2) is 11.4. The third-order valence-electron chi connectivity index (χ3n) is 5.00. The number of nitrogens with one attached hydrogen (secondary N) is 2. The summed E-state index contributed by atoms with van der Waals surface area (Å²) in [6.45, 7) is 1.81. The first kappa shape index (κ1) is 24.2. The highest BCUT2D eigenvalue weighted by Gasteiger charge is 2.15. The van der Waals surface area contributed by atoms with E-state index in [1.54, 1.807) is 18.2 Å². The molecule has 0 fully saturated rings. The van der Waals surface area contributed by atoms with Crippen LogP contribution >= 0.6 is 11.3 Å². The quantitative estimate of drug-likeness (QED) is 0.337. The van der Waals surface area contributed by atoms with Crippen molar-refractivity contribution in [2.45, 2.75) is 26.2 Å². The summed E-state index contributed by atoms with van der Waals surface area (Å²) in [4.78, 5) is 24.7. The van der Waals surface area contributed by atoms with Crippen molar-refractivity contribution in [3.63, 3.8) is 0 Å². The number of hydrogen-bond donors (Lipinski definition) is 2. The molecule has 0 aliphatic heterocycles. The average molecular weight is 472 g/mol. The van der Waals surface area contributed by atoms with Gasteiger partial charge in [-0.05, 0) is 37.1 Å². The average Bonchev–Trinajstić information content (AvgIpc) is 3.27. The maximum absolute atomic E-state index is 14.1. The minimum absolute atomic E-state index is 0.253. The summed E-state index contributed by atoms with van der Waals surface area (Å²) < 4.78 is 25.0. The second-order valence-electron chi connectivity index (χ2n) is 7.22. The van der Waals surface area contributed by atoms with E-state index in [-0.39, 0.29) is 12.4 Å². The fourth-order valence-electron chi connectivity index (χ4n) is 3.25. The van der Waals surface area contributed by atoms with Crippen molar-refractivity contribution in [1.29, 1.82) is 0 Å². The number of carbonyl (C=O) groups is 2. The van der Waals surface area contributed by atoms with E-state index in [0.29, 0.717) is 33.9 Å². The Morgan fingerprint density at radius 1 is 1.12 bits per heavy atom. The first-order valence-electron chi connectivity index (χ1n) is 10.5. The Kier molecular flexibility index (Phi) is 8.37. The Balaban J connectivity index is 1.67. The van der Waals surface area contributed by atoms with E-state index in [2.05, 4.69) is 22.8 Å². The van der Waals surface area contributed by atoms with Crippen molar-refractivity contribution < 1.29 is 23.5 Å². The highest BCUT2D eigenvalue weighted by molar-refractivity contribution is 7.17. The zero-order valence-electron chi connectivity index (χ0n) is 18.7. The molecule has 0 spiro atoms. The number of benzene rings is 2. The van der Waals surface area contributed by atoms with Crippen molar-refractivity contribution in [2.75, 3.05) is 20.8 Å². The van der Waals surface area contributed by atoms with E-state index in [9.17, 15) is 14.0 Å². The van der Waals surface area contributed by atoms with Crippen LogP contribution in [-0.2, 0) is 4.79 Å². The van der Waals surface area contributed by atoms with Gasteiger partial charge in [-0.3, -0.25) is 9.59 Å². The normalized spacial score (nSPS) is 11.3. The fourth-order valence-corrected chi connectivity index (χ4v) is 4.23. The van der Waals surface area contributed by atoms with E-state index in [1.165, 1.54) is 37.7 Å². The number of thiophene rings is 1. The van der Waals surface area contributed by atoms with Crippen molar-refractivity contribution >= 4 is 38.9 Å². The first-order chi connectivity index (χ1) is 16.0. The molecular weight excluding hydrogens is 445 g/mol. The Hall–Kier alpha value is -3.46. The van der Waals surface area contributed by atoms with Crippen LogP contribution in [0.5, 0.6) is 11.5 Å². The van der Waals surface area contributed by atoms with E-state index in [4.69, 9.17) is 9.47 Å². The molecule has 2 amide bonds. The van der Waals surface area contributed by atoms with Gasteiger partial charge in [-0.15, -0.1) is 11.3 Å². The number of nitrogens with zero attached hydrogens (tertiary/aromatic N) is 1. The summed E-state index contributed by atoms with van der Waals surface area (Å²) in [6.07, 6.45) is 2.46. The molecule has 3 rings (SSSR count). The smallest absolute Gasteiger partial charge is 0.259 e. The third kappa shape index (κ3) is 5.87. The molecule has 9 heteroatoms. The van der Waals surface area contributed by atoms with Crippen molar-refractivity contribution in [3.8, 4) is 11.5 Å². The molecule has 33 heavy (non-hydrogen) atoms. The predicted molar refractivity (Wildman–Crippen MR) is 128 cm³/mol. The van der Waals surface area contributed by atoms with Gasteiger partial charge >= 0.3 is 0 Å². The number of carbonyl (C=O) groups excluding carboxylic acids is 2. The maximum Gasteiger partial charge on any atom is 0.259 e. The molecule has 0 radical (unpaired) electrons. The Bertz CT molecular complexity index is 1180. The van der Waals surface area contributed by atoms with Gasteiger partial charge in [-0.1, -0.05) is 25.5 Å². The Morgan fingerprint density at radius 2 is 1.91 bits per heavy atom. The highest BCUT2D eigenvalue weighted by Crippen LogP contribution is 2.30. The molecule has 174 valence electrons. The number of hydrazone groups is 1. The van der Waals surface area contributed by atoms with Gasteiger partial charge in [-0.2, -0.15) is 5.10 Å². The van der Waals surface area contributed by atoms with Crippen molar-refractivity contribution in [3.05, 3.63) is 58.7 Å². The van der Waals surface area contributed by atoms with Gasteiger partial charge < -0.3 is 14.8 Å². The largest absolute Gasteiger partial charge is 0.493 e. The number of unbranched alkanes of at least 4 members (excludes halogenated alkanes) is 1. The molecule has 0 atom stereocenters. The molecule has 2 aromatic carbocycles. The van der Waals surface area contributed by atoms with Gasteiger partial charge in [-0.25, -0.2) is 9.82 Å². The fraction of sp³-hybridized carbons (Fsp3) is 0.292. The lowest BCUT2D eigenvalue weighted by Crippen LogP contribution is -2.35. The number of ether oxygens (including phenoxy) is 2. The van der Waals surface area contributed by atoms with Crippen LogP contribution in [0.1, 0.15) is 42.1 Å². The van der Waals surface area contributed by atoms with Crippen LogP contribution in [-0.4, -0.2) is 38.3 Å². The van der Waals surface area contributed by atoms with E-state index >= 15 is 0 Å². The van der Waals surface area contributed by atoms with Crippen LogP contribution in [0.2, 0.25) is 0 Å². The molecular formula is C24H26FN3O4S. The first-order valence-corrected chi connectivity index (χ1v) is 11.4. The van der Waals surface area contributed by atoms with Gasteiger partial charge in [0.05, 0.1) is 31.2 Å². The van der Waals surface area contributed by atoms with Gasteiger partial charge in [0.15, 0.2) is 11.5 Å². The molecule has 1 heterocycles. The molecule has 2 N–H and O–H groups in total. The molecule has 3 aromatic rings. The molecule has 0 unspecified atom stereocenters. The van der Waals surface area contributed by atoms with Crippen LogP contribution in [0.3, 0.4) is 0 Å². The third-order valence-corrected chi connectivity index (χ3v) is 6.00. The van der Waals surface area contributed by atoms with Crippen LogP contribution in [0.15, 0.2) is 46.9 Å². The number of fused-ring (bicyclic) bond motifs is 1. The summed E-state index contributed by atoms with van der Waals surface area (Å²) in [6, 6.07) is 9.66. The SMILES string of the molecule is CCCCC(=NNC(=O)CNC(=O)c1ccc(OC)c(OC)c1)c1csc2c(F)cccc12. The van der Waals surface area contributed by atoms with E-state index in [1.807, 2.05) is 11.4 Å². The van der Waals surface area contributed by atoms with Crippen LogP contribution < -0.4 is 20.2 Å². The van der Waals surface area contributed by atoms with Crippen molar-refractivity contribution in [1.82, 2.24) is 10.7 Å². The van der Waals surface area contributed by atoms with Crippen LogP contribution in [0.25, 0.3) is 10.1 Å². The zero-order valence-corrected chi connectivity index (χ0v) is 19.6. The molecule has 0 aliphatic rings. The van der Waals surface area contributed by atoms with E-state index in [0.717, 1.165) is 23.8 Å². The summed E-state index contributed by atoms with van der Waals surface area (Å²) in [5.41, 5.74) is 4.32. The number of rotatable bonds is 10. The molecule has 0 saturated heterocycles. The number of halogens is 1. The van der Waals surface area contributed by atoms with E-state index < -0.39 is 11.8 Å². The van der Waals surface area contributed by atoms with Gasteiger partial charge in [0, 0.05) is 21.9 Å². The summed E-state index contributed by atoms with van der Waals surface area (Å²) in [7, 11) is 2.98. The monoisotopic (exact) mass is 471 g/mol. The van der Waals surface area contributed by atoms with Gasteiger partial charge in [0.2, 0.25) is 0 Å². The molecule has 0 saturated carbocycles. The van der Waals surface area contributed by atoms with Gasteiger partial charge in [0.1, 0.15) is 5.82 Å². The Morgan fingerprint density at radius 3 is 2.64 bits per heavy atom. The molecule has 0 bridgehead atoms. The van der Waals surface area contributed by atoms with Crippen LogP contribution in [0, 0.1) is 5.82 Å². The highest BCUT2D eigenvalue weighted by atomic mass is 32.1. The topological polar surface area (TPSA) is 89.0 Å². The summed E-state index contributed by atoms with van der Waals surface area (Å²) in [5, 5.41) is 9.48. The predicted octanol–water partition coefficient (Wildman–Crippen LogP) is 4.50. The Labute approximate surface area is 195 Å². The number of methoxy groups -OCH3 is 2.